The summed E-state index contributed by atoms with van der Waals surface area (Å²) in [4.78, 5) is 16.1. The molecule has 0 saturated carbocycles. The molecule has 0 aromatic heterocycles. The second kappa shape index (κ2) is 10.2. The lowest BCUT2D eigenvalue weighted by atomic mass is 9.63. The molecule has 0 amide bonds. The number of nitrogens with two attached hydrogens (primary N) is 1. The number of carbonyl (C=O) groups is 1. The van der Waals surface area contributed by atoms with Crippen molar-refractivity contribution >= 4 is 11.8 Å². The highest BCUT2D eigenvalue weighted by atomic mass is 16.5. The van der Waals surface area contributed by atoms with E-state index in [0.717, 1.165) is 11.3 Å². The predicted molar refractivity (Wildman–Crippen MR) is 139 cm³/mol. The molecule has 1 unspecified atom stereocenters. The first-order valence-corrected chi connectivity index (χ1v) is 12.3. The van der Waals surface area contributed by atoms with Crippen LogP contribution in [0.5, 0.6) is 5.75 Å². The second-order valence-corrected chi connectivity index (χ2v) is 10.6. The molecule has 5 heteroatoms. The Morgan fingerprint density at radius 2 is 1.59 bits per heavy atom. The molecule has 2 N–H and O–H groups in total. The summed E-state index contributed by atoms with van der Waals surface area (Å²) in [5, 5.41) is 0. The maximum absolute atomic E-state index is 12.0. The molecule has 1 aliphatic rings. The van der Waals surface area contributed by atoms with E-state index in [9.17, 15) is 4.79 Å². The molecule has 0 heterocycles. The van der Waals surface area contributed by atoms with Crippen molar-refractivity contribution in [2.45, 2.75) is 83.7 Å². The standard InChI is InChI=1S/C29H40N2O3/c1-8-33-26(32)18-23(27(30)31-7)20-9-12-22(13-10-20)34-19(2)21-11-14-24-25(17-21)29(5,6)16-15-28(24,3)4/h9-14,17,19,23H,8,15-16,18H2,1-7H3,(H2,30,31)/t19?,23-/m0/s1. The minimum absolute atomic E-state index is 0.0883. The molecule has 2 aromatic rings. The van der Waals surface area contributed by atoms with Crippen molar-refractivity contribution in [1.82, 2.24) is 0 Å². The van der Waals surface area contributed by atoms with Crippen LogP contribution in [0.4, 0.5) is 0 Å². The Bertz CT molecular complexity index is 1040. The molecule has 0 bridgehead atoms. The highest BCUT2D eigenvalue weighted by Crippen LogP contribution is 2.46. The molecular formula is C29H40N2O3. The minimum atomic E-state index is -0.318. The van der Waals surface area contributed by atoms with Crippen molar-refractivity contribution in [2.24, 2.45) is 10.7 Å². The number of fused-ring (bicyclic) bond motifs is 1. The summed E-state index contributed by atoms with van der Waals surface area (Å²) in [7, 11) is 1.63. The zero-order valence-corrected chi connectivity index (χ0v) is 21.8. The molecule has 0 saturated heterocycles. The zero-order chi connectivity index (χ0) is 25.1. The van der Waals surface area contributed by atoms with Crippen LogP contribution in [0.2, 0.25) is 0 Å². The van der Waals surface area contributed by atoms with Crippen LogP contribution in [-0.2, 0) is 20.4 Å². The van der Waals surface area contributed by atoms with Crippen LogP contribution in [-0.4, -0.2) is 25.5 Å². The number of ether oxygens (including phenoxy) is 2. The molecule has 3 rings (SSSR count). The Hall–Kier alpha value is -2.82. The van der Waals surface area contributed by atoms with Crippen LogP contribution in [0.15, 0.2) is 47.5 Å². The number of rotatable bonds is 8. The van der Waals surface area contributed by atoms with E-state index in [1.165, 1.54) is 29.5 Å². The Morgan fingerprint density at radius 3 is 2.18 bits per heavy atom. The summed E-state index contributed by atoms with van der Waals surface area (Å²) < 4.78 is 11.4. The summed E-state index contributed by atoms with van der Waals surface area (Å²) in [6.45, 7) is 13.6. The fourth-order valence-corrected chi connectivity index (χ4v) is 4.85. The van der Waals surface area contributed by atoms with Gasteiger partial charge in [0.05, 0.1) is 18.9 Å². The largest absolute Gasteiger partial charge is 0.486 e. The number of benzene rings is 2. The smallest absolute Gasteiger partial charge is 0.306 e. The van der Waals surface area contributed by atoms with Gasteiger partial charge in [0.1, 0.15) is 17.7 Å². The maximum Gasteiger partial charge on any atom is 0.306 e. The summed E-state index contributed by atoms with van der Waals surface area (Å²) in [6, 6.07) is 14.6. The van der Waals surface area contributed by atoms with Crippen molar-refractivity contribution < 1.29 is 14.3 Å². The first-order valence-electron chi connectivity index (χ1n) is 12.3. The molecule has 2 aromatic carbocycles. The van der Waals surface area contributed by atoms with E-state index >= 15 is 0 Å². The first-order chi connectivity index (χ1) is 16.0. The van der Waals surface area contributed by atoms with Gasteiger partial charge in [0.25, 0.3) is 0 Å². The number of aliphatic imine (C=N–C) groups is 1. The van der Waals surface area contributed by atoms with E-state index in [4.69, 9.17) is 15.2 Å². The summed E-state index contributed by atoms with van der Waals surface area (Å²) in [6.07, 6.45) is 2.46. The lowest BCUT2D eigenvalue weighted by molar-refractivity contribution is -0.143. The van der Waals surface area contributed by atoms with Gasteiger partial charge in [0.2, 0.25) is 0 Å². The van der Waals surface area contributed by atoms with Crippen molar-refractivity contribution in [3.8, 4) is 5.75 Å². The monoisotopic (exact) mass is 464 g/mol. The quantitative estimate of drug-likeness (QED) is 0.287. The van der Waals surface area contributed by atoms with Crippen LogP contribution >= 0.6 is 0 Å². The average Bonchev–Trinajstić information content (AvgIpc) is 2.80. The molecular weight excluding hydrogens is 424 g/mol. The van der Waals surface area contributed by atoms with Gasteiger partial charge in [0.15, 0.2) is 0 Å². The molecule has 0 spiro atoms. The van der Waals surface area contributed by atoms with Crippen LogP contribution in [0.1, 0.15) is 95.1 Å². The van der Waals surface area contributed by atoms with Gasteiger partial charge in [-0.2, -0.15) is 0 Å². The van der Waals surface area contributed by atoms with Gasteiger partial charge in [-0.25, -0.2) is 0 Å². The van der Waals surface area contributed by atoms with E-state index in [-0.39, 0.29) is 35.2 Å². The molecule has 184 valence electrons. The Morgan fingerprint density at radius 1 is 1.00 bits per heavy atom. The molecule has 0 radical (unpaired) electrons. The third-order valence-electron chi connectivity index (χ3n) is 7.23. The topological polar surface area (TPSA) is 73.9 Å². The number of hydrogen-bond acceptors (Lipinski definition) is 4. The fraction of sp³-hybridized carbons (Fsp3) is 0.517. The third kappa shape index (κ3) is 5.63. The fourth-order valence-electron chi connectivity index (χ4n) is 4.85. The summed E-state index contributed by atoms with van der Waals surface area (Å²) in [5.74, 6) is 0.582. The number of esters is 1. The van der Waals surface area contributed by atoms with E-state index in [0.29, 0.717) is 12.4 Å². The van der Waals surface area contributed by atoms with Gasteiger partial charge in [-0.3, -0.25) is 9.79 Å². The van der Waals surface area contributed by atoms with Gasteiger partial charge in [-0.15, -0.1) is 0 Å². The lowest BCUT2D eigenvalue weighted by Crippen LogP contribution is -2.34. The van der Waals surface area contributed by atoms with Crippen molar-refractivity contribution in [3.63, 3.8) is 0 Å². The third-order valence-corrected chi connectivity index (χ3v) is 7.23. The van der Waals surface area contributed by atoms with Gasteiger partial charge < -0.3 is 15.2 Å². The van der Waals surface area contributed by atoms with Crippen molar-refractivity contribution in [2.75, 3.05) is 13.7 Å². The number of amidine groups is 1. The van der Waals surface area contributed by atoms with Crippen LogP contribution < -0.4 is 10.5 Å². The zero-order valence-electron chi connectivity index (χ0n) is 21.8. The average molecular weight is 465 g/mol. The van der Waals surface area contributed by atoms with E-state index in [1.807, 2.05) is 24.3 Å². The molecule has 2 atom stereocenters. The second-order valence-electron chi connectivity index (χ2n) is 10.6. The number of hydrogen-bond donors (Lipinski definition) is 1. The molecule has 0 aliphatic heterocycles. The van der Waals surface area contributed by atoms with Gasteiger partial charge in [-0.1, -0.05) is 58.0 Å². The Balaban J connectivity index is 1.78. The van der Waals surface area contributed by atoms with Gasteiger partial charge in [-0.05, 0) is 71.9 Å². The number of nitrogens with zero attached hydrogens (tertiary/aromatic N) is 1. The summed E-state index contributed by atoms with van der Waals surface area (Å²) in [5.41, 5.74) is 11.4. The minimum Gasteiger partial charge on any atom is -0.486 e. The van der Waals surface area contributed by atoms with E-state index in [2.05, 4.69) is 57.8 Å². The molecule has 0 fully saturated rings. The van der Waals surface area contributed by atoms with Crippen LogP contribution in [0.25, 0.3) is 0 Å². The first kappa shape index (κ1) is 25.8. The number of carbonyl (C=O) groups excluding carboxylic acids is 1. The van der Waals surface area contributed by atoms with E-state index < -0.39 is 0 Å². The van der Waals surface area contributed by atoms with Gasteiger partial charge >= 0.3 is 5.97 Å². The van der Waals surface area contributed by atoms with Crippen LogP contribution in [0, 0.1) is 0 Å². The highest BCUT2D eigenvalue weighted by molar-refractivity contribution is 5.91. The SMILES string of the molecule is CCOC(=O)C[C@H](C(N)=NC)c1ccc(OC(C)c2ccc3c(c2)C(C)(C)CCC3(C)C)cc1. The maximum atomic E-state index is 12.0. The lowest BCUT2D eigenvalue weighted by Gasteiger charge is -2.42. The van der Waals surface area contributed by atoms with Crippen molar-refractivity contribution in [1.29, 1.82) is 0 Å². The molecule has 34 heavy (non-hydrogen) atoms. The Labute approximate surface area is 204 Å². The molecule has 5 nitrogen and oxygen atoms in total. The van der Waals surface area contributed by atoms with Crippen LogP contribution in [0.3, 0.4) is 0 Å². The van der Waals surface area contributed by atoms with Gasteiger partial charge in [0, 0.05) is 7.05 Å². The normalized spacial score (nSPS) is 18.5. The molecule has 1 aliphatic carbocycles. The highest BCUT2D eigenvalue weighted by Gasteiger charge is 2.37. The predicted octanol–water partition coefficient (Wildman–Crippen LogP) is 6.20. The Kier molecular flexibility index (Phi) is 7.74. The van der Waals surface area contributed by atoms with Crippen molar-refractivity contribution in [3.05, 3.63) is 64.7 Å². The van der Waals surface area contributed by atoms with E-state index in [1.54, 1.807) is 14.0 Å². The summed E-state index contributed by atoms with van der Waals surface area (Å²) >= 11 is 0.